The summed E-state index contributed by atoms with van der Waals surface area (Å²) in [7, 11) is 3.08. The van der Waals surface area contributed by atoms with Crippen molar-refractivity contribution in [1.82, 2.24) is 19.7 Å². The molecule has 0 saturated heterocycles. The van der Waals surface area contributed by atoms with Gasteiger partial charge in [0, 0.05) is 30.5 Å². The summed E-state index contributed by atoms with van der Waals surface area (Å²) in [5, 5.41) is 7.55. The maximum Gasteiger partial charge on any atom is 0.413 e. The van der Waals surface area contributed by atoms with E-state index in [1.54, 1.807) is 16.6 Å². The van der Waals surface area contributed by atoms with Gasteiger partial charge < -0.3 is 9.64 Å². The molecule has 0 radical (unpaired) electrons. The lowest BCUT2D eigenvalue weighted by Crippen LogP contribution is -2.36. The van der Waals surface area contributed by atoms with Crippen LogP contribution in [-0.2, 0) is 24.8 Å². The van der Waals surface area contributed by atoms with Crippen LogP contribution in [0.1, 0.15) is 21.1 Å². The first-order valence-corrected chi connectivity index (χ1v) is 9.59. The maximum absolute atomic E-state index is 13.1. The summed E-state index contributed by atoms with van der Waals surface area (Å²) in [6, 6.07) is 11.6. The molecule has 0 aliphatic carbocycles. The van der Waals surface area contributed by atoms with Crippen molar-refractivity contribution >= 4 is 28.5 Å². The van der Waals surface area contributed by atoms with Gasteiger partial charge in [0.25, 0.3) is 5.91 Å². The normalized spacial score (nSPS) is 13.1. The number of carbonyl (C=O) groups excluding carboxylic acids is 2. The van der Waals surface area contributed by atoms with Crippen molar-refractivity contribution in [2.24, 2.45) is 7.05 Å². The fourth-order valence-corrected chi connectivity index (χ4v) is 4.15. The third kappa shape index (κ3) is 3.48. The Morgan fingerprint density at radius 2 is 2.04 bits per heavy atom. The Labute approximate surface area is 165 Å². The highest BCUT2D eigenvalue weighted by Gasteiger charge is 2.27. The molecule has 2 amide bonds. The number of nitrogens with zero attached hydrogens (tertiary/aromatic N) is 4. The lowest BCUT2D eigenvalue weighted by atomic mass is 10.1. The third-order valence-corrected chi connectivity index (χ3v) is 5.58. The molecule has 1 N–H and O–H groups in total. The summed E-state index contributed by atoms with van der Waals surface area (Å²) in [4.78, 5) is 31.6. The van der Waals surface area contributed by atoms with Crippen LogP contribution in [0, 0.1) is 0 Å². The lowest BCUT2D eigenvalue weighted by Gasteiger charge is -2.25. The lowest BCUT2D eigenvalue weighted by molar-refractivity contribution is 0.0725. The first kappa shape index (κ1) is 18.2. The second-order valence-electron chi connectivity index (χ2n) is 6.39. The van der Waals surface area contributed by atoms with E-state index in [1.165, 1.54) is 18.4 Å². The van der Waals surface area contributed by atoms with Gasteiger partial charge in [-0.15, -0.1) is 0 Å². The number of carbonyl (C=O) groups is 2. The molecule has 1 aromatic carbocycles. The SMILES string of the molecule is COC(=O)Nc1nc2c(s1)CN(C(=O)c1cc(-c3ccccc3)nn1C)CC2. The number of methoxy groups -OCH3 is 1. The summed E-state index contributed by atoms with van der Waals surface area (Å²) in [5.74, 6) is -0.0706. The van der Waals surface area contributed by atoms with Crippen LogP contribution in [-0.4, -0.2) is 45.3 Å². The molecule has 0 saturated carbocycles. The van der Waals surface area contributed by atoms with Gasteiger partial charge in [-0.05, 0) is 6.07 Å². The number of thiazole rings is 1. The van der Waals surface area contributed by atoms with E-state index in [1.807, 2.05) is 36.4 Å². The highest BCUT2D eigenvalue weighted by atomic mass is 32.1. The van der Waals surface area contributed by atoms with Crippen molar-refractivity contribution < 1.29 is 14.3 Å². The van der Waals surface area contributed by atoms with Crippen molar-refractivity contribution in [3.63, 3.8) is 0 Å². The van der Waals surface area contributed by atoms with Crippen molar-refractivity contribution in [2.75, 3.05) is 19.0 Å². The van der Waals surface area contributed by atoms with Gasteiger partial charge in [0.1, 0.15) is 5.69 Å². The molecule has 3 heterocycles. The molecule has 28 heavy (non-hydrogen) atoms. The van der Waals surface area contributed by atoms with Crippen molar-refractivity contribution in [3.05, 3.63) is 52.7 Å². The van der Waals surface area contributed by atoms with E-state index >= 15 is 0 Å². The molecule has 144 valence electrons. The van der Waals surface area contributed by atoms with Crippen molar-refractivity contribution in [3.8, 4) is 11.3 Å². The predicted octanol–water partition coefficient (Wildman–Crippen LogP) is 2.92. The van der Waals surface area contributed by atoms with Crippen LogP contribution < -0.4 is 5.32 Å². The maximum atomic E-state index is 13.1. The summed E-state index contributed by atoms with van der Waals surface area (Å²) in [6.07, 6.45) is 0.0893. The first-order chi connectivity index (χ1) is 13.5. The number of nitrogens with one attached hydrogen (secondary N) is 1. The molecule has 0 fully saturated rings. The molecule has 1 aliphatic rings. The Kier molecular flexibility index (Phi) is 4.82. The van der Waals surface area contributed by atoms with Gasteiger partial charge in [-0.1, -0.05) is 41.7 Å². The van der Waals surface area contributed by atoms with Crippen LogP contribution >= 0.6 is 11.3 Å². The zero-order valence-corrected chi connectivity index (χ0v) is 16.3. The van der Waals surface area contributed by atoms with Crippen LogP contribution in [0.15, 0.2) is 36.4 Å². The average molecular weight is 397 g/mol. The smallest absolute Gasteiger partial charge is 0.413 e. The molecule has 2 aromatic heterocycles. The number of fused-ring (bicyclic) bond motifs is 1. The summed E-state index contributed by atoms with van der Waals surface area (Å²) < 4.78 is 6.22. The van der Waals surface area contributed by atoms with E-state index in [4.69, 9.17) is 0 Å². The minimum Gasteiger partial charge on any atom is -0.453 e. The third-order valence-electron chi connectivity index (χ3n) is 4.58. The van der Waals surface area contributed by atoms with E-state index in [0.717, 1.165) is 21.8 Å². The average Bonchev–Trinajstić information content (AvgIpc) is 3.30. The molecule has 0 atom stereocenters. The summed E-state index contributed by atoms with van der Waals surface area (Å²) >= 11 is 1.36. The monoisotopic (exact) mass is 397 g/mol. The highest BCUT2D eigenvalue weighted by molar-refractivity contribution is 7.15. The number of aryl methyl sites for hydroxylation is 1. The Morgan fingerprint density at radius 3 is 2.79 bits per heavy atom. The largest absolute Gasteiger partial charge is 0.453 e. The Balaban J connectivity index is 1.52. The second kappa shape index (κ2) is 7.43. The Hall–Kier alpha value is -3.20. The van der Waals surface area contributed by atoms with Gasteiger partial charge >= 0.3 is 6.09 Å². The molecule has 9 heteroatoms. The fourth-order valence-electron chi connectivity index (χ4n) is 3.14. The van der Waals surface area contributed by atoms with Crippen molar-refractivity contribution in [2.45, 2.75) is 13.0 Å². The first-order valence-electron chi connectivity index (χ1n) is 8.77. The van der Waals surface area contributed by atoms with Crippen molar-refractivity contribution in [1.29, 1.82) is 0 Å². The van der Waals surface area contributed by atoms with Gasteiger partial charge in [0.05, 0.1) is 25.0 Å². The van der Waals surface area contributed by atoms with Crippen LogP contribution in [0.4, 0.5) is 9.93 Å². The van der Waals surface area contributed by atoms with Gasteiger partial charge in [0.2, 0.25) is 0 Å². The topological polar surface area (TPSA) is 89.3 Å². The Morgan fingerprint density at radius 1 is 1.25 bits per heavy atom. The molecule has 0 bridgehead atoms. The molecular weight excluding hydrogens is 378 g/mol. The van der Waals surface area contributed by atoms with Gasteiger partial charge in [-0.25, -0.2) is 9.78 Å². The molecule has 0 spiro atoms. The van der Waals surface area contributed by atoms with Crippen LogP contribution in [0.5, 0.6) is 0 Å². The highest BCUT2D eigenvalue weighted by Crippen LogP contribution is 2.29. The number of hydrogen-bond acceptors (Lipinski definition) is 6. The zero-order valence-electron chi connectivity index (χ0n) is 15.5. The van der Waals surface area contributed by atoms with E-state index in [2.05, 4.69) is 20.1 Å². The van der Waals surface area contributed by atoms with Gasteiger partial charge in [-0.3, -0.25) is 14.8 Å². The molecule has 4 rings (SSSR count). The number of anilines is 1. The number of benzene rings is 1. The Bertz CT molecular complexity index is 1030. The quantitative estimate of drug-likeness (QED) is 0.734. The molecule has 1 aliphatic heterocycles. The summed E-state index contributed by atoms with van der Waals surface area (Å²) in [6.45, 7) is 1.03. The van der Waals surface area contributed by atoms with E-state index in [9.17, 15) is 9.59 Å². The van der Waals surface area contributed by atoms with Gasteiger partial charge in [0.15, 0.2) is 5.13 Å². The standard InChI is InChI=1S/C19H19N5O3S/c1-23-15(10-14(22-23)12-6-4-3-5-7-12)17(25)24-9-8-13-16(11-24)28-18(20-13)21-19(26)27-2/h3-7,10H,8-9,11H2,1-2H3,(H,20,21,26). The molecular formula is C19H19N5O3S. The van der Waals surface area contributed by atoms with Crippen LogP contribution in [0.3, 0.4) is 0 Å². The fraction of sp³-hybridized carbons (Fsp3) is 0.263. The van der Waals surface area contributed by atoms with E-state index in [-0.39, 0.29) is 5.91 Å². The molecule has 8 nitrogen and oxygen atoms in total. The minimum atomic E-state index is -0.553. The number of rotatable bonds is 3. The van der Waals surface area contributed by atoms with Gasteiger partial charge in [-0.2, -0.15) is 5.10 Å². The number of hydrogen-bond donors (Lipinski definition) is 1. The van der Waals surface area contributed by atoms with E-state index < -0.39 is 6.09 Å². The van der Waals surface area contributed by atoms with Crippen LogP contribution in [0.25, 0.3) is 11.3 Å². The number of ether oxygens (including phenoxy) is 1. The second-order valence-corrected chi connectivity index (χ2v) is 7.47. The van der Waals surface area contributed by atoms with E-state index in [0.29, 0.717) is 30.3 Å². The molecule has 3 aromatic rings. The number of amides is 2. The predicted molar refractivity (Wildman–Crippen MR) is 105 cm³/mol. The minimum absolute atomic E-state index is 0.0706. The number of aromatic nitrogens is 3. The summed E-state index contributed by atoms with van der Waals surface area (Å²) in [5.41, 5.74) is 3.20. The van der Waals surface area contributed by atoms with Crippen LogP contribution in [0.2, 0.25) is 0 Å². The molecule has 0 unspecified atom stereocenters. The zero-order chi connectivity index (χ0) is 19.7.